The van der Waals surface area contributed by atoms with Gasteiger partial charge in [0.15, 0.2) is 0 Å². The first-order valence-corrected chi connectivity index (χ1v) is 7.58. The van der Waals surface area contributed by atoms with Crippen LogP contribution in [0.5, 0.6) is 0 Å². The summed E-state index contributed by atoms with van der Waals surface area (Å²) in [4.78, 5) is 0. The second-order valence-electron chi connectivity index (χ2n) is 4.92. The van der Waals surface area contributed by atoms with Crippen LogP contribution >= 0.6 is 8.58 Å². The molecule has 2 aromatic carbocycles. The fourth-order valence-corrected chi connectivity index (χ4v) is 4.26. The molecule has 0 aliphatic heterocycles. The molecule has 2 aromatic rings. The third kappa shape index (κ3) is 2.53. The normalized spacial score (nSPS) is 18.1. The summed E-state index contributed by atoms with van der Waals surface area (Å²) in [7, 11) is 1.55. The fraction of sp³-hybridized carbons (Fsp3) is 0.375. The van der Waals surface area contributed by atoms with Gasteiger partial charge in [0.25, 0.3) is 0 Å². The highest BCUT2D eigenvalue weighted by atomic mass is 31.1. The molecule has 1 aliphatic rings. The van der Waals surface area contributed by atoms with Gasteiger partial charge in [-0.05, 0) is 43.2 Å². The fourth-order valence-electron chi connectivity index (χ4n) is 2.73. The Morgan fingerprint density at radius 1 is 0.824 bits per heavy atom. The lowest BCUT2D eigenvalue weighted by atomic mass is 10.0. The number of fused-ring (bicyclic) bond motifs is 1. The zero-order valence-corrected chi connectivity index (χ0v) is 11.0. The number of benzene rings is 2. The molecule has 0 heterocycles. The second-order valence-corrected chi connectivity index (χ2v) is 6.39. The van der Waals surface area contributed by atoms with E-state index in [2.05, 4.69) is 42.5 Å². The molecule has 1 aliphatic carbocycles. The first-order valence-electron chi connectivity index (χ1n) is 6.62. The van der Waals surface area contributed by atoms with E-state index in [-0.39, 0.29) is 0 Å². The van der Waals surface area contributed by atoms with Crippen LogP contribution in [0.2, 0.25) is 0 Å². The standard InChI is InChI=1S/C16H18P/c1-2-9-14(10-3-1)17-16-12-6-8-13-7-4-5-11-15(13)16/h4-8,11-12,14H,1-3,9-10H2. The van der Waals surface area contributed by atoms with Gasteiger partial charge in [0.2, 0.25) is 0 Å². The van der Waals surface area contributed by atoms with Crippen molar-refractivity contribution < 1.29 is 0 Å². The summed E-state index contributed by atoms with van der Waals surface area (Å²) in [6, 6.07) is 15.5. The Labute approximate surface area is 105 Å². The molecule has 1 radical (unpaired) electrons. The molecule has 0 unspecified atom stereocenters. The van der Waals surface area contributed by atoms with Crippen LogP contribution in [0.3, 0.4) is 0 Å². The minimum Gasteiger partial charge on any atom is -0.0616 e. The van der Waals surface area contributed by atoms with Gasteiger partial charge in [0.05, 0.1) is 0 Å². The third-order valence-electron chi connectivity index (χ3n) is 3.66. The predicted octanol–water partition coefficient (Wildman–Crippen LogP) is 4.74. The zero-order chi connectivity index (χ0) is 11.5. The molecule has 3 rings (SSSR count). The first kappa shape index (κ1) is 11.2. The van der Waals surface area contributed by atoms with Crippen LogP contribution in [0.4, 0.5) is 0 Å². The number of hydrogen-bond acceptors (Lipinski definition) is 0. The lowest BCUT2D eigenvalue weighted by Crippen LogP contribution is -2.11. The monoisotopic (exact) mass is 241 g/mol. The maximum absolute atomic E-state index is 2.30. The van der Waals surface area contributed by atoms with Crippen molar-refractivity contribution in [2.45, 2.75) is 37.8 Å². The van der Waals surface area contributed by atoms with Crippen molar-refractivity contribution in [2.75, 3.05) is 0 Å². The molecular formula is C16H18P. The smallest absolute Gasteiger partial charge is 0.0103 e. The summed E-state index contributed by atoms with van der Waals surface area (Å²) in [5.41, 5.74) is 0.898. The van der Waals surface area contributed by atoms with Crippen LogP contribution in [0.1, 0.15) is 32.1 Å². The summed E-state index contributed by atoms with van der Waals surface area (Å²) in [5, 5.41) is 4.35. The zero-order valence-electron chi connectivity index (χ0n) is 10.1. The van der Waals surface area contributed by atoms with Gasteiger partial charge in [0, 0.05) is 0 Å². The van der Waals surface area contributed by atoms with E-state index in [1.165, 1.54) is 48.2 Å². The molecular weight excluding hydrogens is 223 g/mol. The van der Waals surface area contributed by atoms with Crippen LogP contribution < -0.4 is 5.30 Å². The summed E-state index contributed by atoms with van der Waals surface area (Å²) in [6.07, 6.45) is 7.15. The molecule has 1 fully saturated rings. The topological polar surface area (TPSA) is 0 Å². The maximum Gasteiger partial charge on any atom is -0.0103 e. The summed E-state index contributed by atoms with van der Waals surface area (Å²) in [6.45, 7) is 0. The van der Waals surface area contributed by atoms with Crippen LogP contribution in [0.15, 0.2) is 42.5 Å². The highest BCUT2D eigenvalue weighted by Crippen LogP contribution is 2.33. The average molecular weight is 241 g/mol. The highest BCUT2D eigenvalue weighted by molar-refractivity contribution is 7.48. The highest BCUT2D eigenvalue weighted by Gasteiger charge is 2.15. The Bertz CT molecular complexity index is 492. The SMILES string of the molecule is c1ccc2c([P]C3CCCCC3)cccc2c1. The Kier molecular flexibility index (Phi) is 3.43. The van der Waals surface area contributed by atoms with Gasteiger partial charge in [0.1, 0.15) is 0 Å². The van der Waals surface area contributed by atoms with E-state index in [1.54, 1.807) is 8.58 Å². The van der Waals surface area contributed by atoms with Gasteiger partial charge in [-0.2, -0.15) is 0 Å². The molecule has 87 valence electrons. The van der Waals surface area contributed by atoms with Crippen LogP contribution in [-0.4, -0.2) is 5.66 Å². The quantitative estimate of drug-likeness (QED) is 0.666. The van der Waals surface area contributed by atoms with E-state index in [0.29, 0.717) is 0 Å². The van der Waals surface area contributed by atoms with Crippen molar-refractivity contribution in [3.8, 4) is 0 Å². The van der Waals surface area contributed by atoms with E-state index in [0.717, 1.165) is 5.66 Å². The molecule has 0 bridgehead atoms. The summed E-state index contributed by atoms with van der Waals surface area (Å²) >= 11 is 0. The third-order valence-corrected chi connectivity index (χ3v) is 5.21. The minimum absolute atomic E-state index is 0.898. The number of rotatable bonds is 2. The van der Waals surface area contributed by atoms with E-state index in [1.807, 2.05) is 0 Å². The summed E-state index contributed by atoms with van der Waals surface area (Å²) in [5.74, 6) is 0. The first-order chi connectivity index (χ1) is 8.43. The van der Waals surface area contributed by atoms with Gasteiger partial charge in [-0.3, -0.25) is 0 Å². The lowest BCUT2D eigenvalue weighted by molar-refractivity contribution is 0.514. The van der Waals surface area contributed by atoms with Crippen molar-refractivity contribution in [1.82, 2.24) is 0 Å². The minimum atomic E-state index is 0.898. The van der Waals surface area contributed by atoms with Crippen LogP contribution in [-0.2, 0) is 0 Å². The Hall–Kier alpha value is -0.870. The van der Waals surface area contributed by atoms with E-state index in [9.17, 15) is 0 Å². The second kappa shape index (κ2) is 5.19. The molecule has 0 saturated heterocycles. The molecule has 1 heteroatoms. The largest absolute Gasteiger partial charge is 0.0616 e. The molecule has 0 spiro atoms. The lowest BCUT2D eigenvalue weighted by Gasteiger charge is -2.21. The van der Waals surface area contributed by atoms with Gasteiger partial charge >= 0.3 is 0 Å². The van der Waals surface area contributed by atoms with Crippen LogP contribution in [0.25, 0.3) is 10.8 Å². The summed E-state index contributed by atoms with van der Waals surface area (Å²) < 4.78 is 0. The van der Waals surface area contributed by atoms with Crippen molar-refractivity contribution in [3.05, 3.63) is 42.5 Å². The Morgan fingerprint density at radius 3 is 2.47 bits per heavy atom. The molecule has 0 atom stereocenters. The average Bonchev–Trinajstić information content (AvgIpc) is 2.40. The molecule has 0 amide bonds. The van der Waals surface area contributed by atoms with Crippen molar-refractivity contribution in [1.29, 1.82) is 0 Å². The molecule has 0 N–H and O–H groups in total. The van der Waals surface area contributed by atoms with Crippen molar-refractivity contribution in [3.63, 3.8) is 0 Å². The van der Waals surface area contributed by atoms with Gasteiger partial charge in [-0.25, -0.2) is 0 Å². The Morgan fingerprint density at radius 2 is 1.59 bits per heavy atom. The number of hydrogen-bond donors (Lipinski definition) is 0. The molecule has 17 heavy (non-hydrogen) atoms. The maximum atomic E-state index is 2.30. The molecule has 0 nitrogen and oxygen atoms in total. The van der Waals surface area contributed by atoms with Gasteiger partial charge in [-0.1, -0.05) is 61.7 Å². The Balaban J connectivity index is 1.89. The molecule has 1 saturated carbocycles. The van der Waals surface area contributed by atoms with Gasteiger partial charge < -0.3 is 0 Å². The van der Waals surface area contributed by atoms with Gasteiger partial charge in [-0.15, -0.1) is 0 Å². The van der Waals surface area contributed by atoms with Crippen molar-refractivity contribution in [2.24, 2.45) is 0 Å². The van der Waals surface area contributed by atoms with E-state index < -0.39 is 0 Å². The predicted molar refractivity (Wildman–Crippen MR) is 77.4 cm³/mol. The van der Waals surface area contributed by atoms with Crippen molar-refractivity contribution >= 4 is 24.7 Å². The van der Waals surface area contributed by atoms with E-state index >= 15 is 0 Å². The van der Waals surface area contributed by atoms with Crippen LogP contribution in [0, 0.1) is 0 Å². The van der Waals surface area contributed by atoms with E-state index in [4.69, 9.17) is 0 Å². The molecule has 0 aromatic heterocycles.